The van der Waals surface area contributed by atoms with Crippen LogP contribution in [0.25, 0.3) is 22.0 Å². The van der Waals surface area contributed by atoms with Crippen LogP contribution in [0, 0.1) is 0 Å². The number of nitrogens with zero attached hydrogens (tertiary/aromatic N) is 1. The molecule has 1 N–H and O–H groups in total. The first-order valence-corrected chi connectivity index (χ1v) is 10.6. The van der Waals surface area contributed by atoms with Gasteiger partial charge >= 0.3 is 0 Å². The highest BCUT2D eigenvalue weighted by molar-refractivity contribution is 6.17. The first-order chi connectivity index (χ1) is 15.0. The fourth-order valence-corrected chi connectivity index (χ4v) is 4.01. The first kappa shape index (κ1) is 20.9. The molecule has 156 valence electrons. The van der Waals surface area contributed by atoms with Crippen molar-refractivity contribution in [1.29, 1.82) is 0 Å². The number of rotatable bonds is 6. The van der Waals surface area contributed by atoms with E-state index >= 15 is 0 Å². The molecule has 0 unspecified atom stereocenters. The molecule has 0 aliphatic rings. The van der Waals surface area contributed by atoms with Crippen LogP contribution in [0.4, 0.5) is 0 Å². The van der Waals surface area contributed by atoms with E-state index in [1.807, 2.05) is 42.5 Å². The van der Waals surface area contributed by atoms with Crippen LogP contribution < -0.4 is 4.74 Å². The summed E-state index contributed by atoms with van der Waals surface area (Å²) in [6.45, 7) is 2.07. The van der Waals surface area contributed by atoms with Gasteiger partial charge in [0.15, 0.2) is 5.78 Å². The van der Waals surface area contributed by atoms with E-state index in [1.54, 1.807) is 31.4 Å². The zero-order valence-corrected chi connectivity index (χ0v) is 18.1. The largest absolute Gasteiger partial charge is 0.508 e. The van der Waals surface area contributed by atoms with Crippen LogP contribution in [0.15, 0.2) is 66.7 Å². The lowest BCUT2D eigenvalue weighted by Crippen LogP contribution is -2.04. The summed E-state index contributed by atoms with van der Waals surface area (Å²) in [5, 5.41) is 10.8. The quantitative estimate of drug-likeness (QED) is 0.294. The van der Waals surface area contributed by atoms with Crippen molar-refractivity contribution in [3.05, 3.63) is 89.0 Å². The second-order valence-electron chi connectivity index (χ2n) is 7.29. The van der Waals surface area contributed by atoms with Gasteiger partial charge in [0.1, 0.15) is 5.75 Å². The highest BCUT2D eigenvalue weighted by atomic mass is 35.5. The Bertz CT molecular complexity index is 1280. The SMILES string of the molecule is CCc1ccc(C(=O)c2ccc3nc(OC)cc(-c4cccc(O)c4)c3c2)cc1CCl. The number of hydrogen-bond acceptors (Lipinski definition) is 4. The number of ether oxygens (including phenoxy) is 1. The van der Waals surface area contributed by atoms with Gasteiger partial charge in [-0.05, 0) is 65.1 Å². The maximum absolute atomic E-state index is 13.3. The van der Waals surface area contributed by atoms with Gasteiger partial charge < -0.3 is 9.84 Å². The summed E-state index contributed by atoms with van der Waals surface area (Å²) >= 11 is 6.09. The molecule has 3 aromatic carbocycles. The first-order valence-electron chi connectivity index (χ1n) is 10.0. The number of phenols is 1. The molecule has 0 saturated carbocycles. The number of aryl methyl sites for hydroxylation is 1. The maximum atomic E-state index is 13.3. The summed E-state index contributed by atoms with van der Waals surface area (Å²) in [7, 11) is 1.56. The Morgan fingerprint density at radius 3 is 2.48 bits per heavy atom. The number of benzene rings is 3. The summed E-state index contributed by atoms with van der Waals surface area (Å²) in [5.74, 6) is 0.923. The third-order valence-corrected chi connectivity index (χ3v) is 5.69. The highest BCUT2D eigenvalue weighted by Crippen LogP contribution is 2.33. The Labute approximate surface area is 186 Å². The number of hydrogen-bond donors (Lipinski definition) is 1. The number of halogens is 1. The number of carbonyl (C=O) groups is 1. The molecule has 0 amide bonds. The van der Waals surface area contributed by atoms with E-state index in [1.165, 1.54) is 0 Å². The van der Waals surface area contributed by atoms with Crippen LogP contribution in [0.5, 0.6) is 11.6 Å². The fourth-order valence-electron chi connectivity index (χ4n) is 3.76. The van der Waals surface area contributed by atoms with E-state index in [9.17, 15) is 9.90 Å². The van der Waals surface area contributed by atoms with Crippen LogP contribution in [-0.4, -0.2) is 23.0 Å². The molecular weight excluding hydrogens is 410 g/mol. The topological polar surface area (TPSA) is 59.4 Å². The highest BCUT2D eigenvalue weighted by Gasteiger charge is 2.15. The number of fused-ring (bicyclic) bond motifs is 1. The predicted octanol–water partition coefficient (Wildman–Crippen LogP) is 6.15. The van der Waals surface area contributed by atoms with Gasteiger partial charge in [-0.3, -0.25) is 4.79 Å². The summed E-state index contributed by atoms with van der Waals surface area (Å²) in [5.41, 5.74) is 5.63. The van der Waals surface area contributed by atoms with Gasteiger partial charge in [-0.2, -0.15) is 0 Å². The average molecular weight is 432 g/mol. The van der Waals surface area contributed by atoms with Crippen molar-refractivity contribution >= 4 is 28.3 Å². The third-order valence-electron chi connectivity index (χ3n) is 5.41. The van der Waals surface area contributed by atoms with Gasteiger partial charge in [0.25, 0.3) is 0 Å². The van der Waals surface area contributed by atoms with Gasteiger partial charge in [0.05, 0.1) is 12.6 Å². The minimum absolute atomic E-state index is 0.0754. The van der Waals surface area contributed by atoms with Crippen LogP contribution >= 0.6 is 11.6 Å². The molecule has 4 nitrogen and oxygen atoms in total. The Balaban J connectivity index is 1.85. The van der Waals surface area contributed by atoms with Crippen LogP contribution in [0.2, 0.25) is 0 Å². The Kier molecular flexibility index (Phi) is 5.92. The molecule has 0 aliphatic heterocycles. The van der Waals surface area contributed by atoms with Gasteiger partial charge in [-0.1, -0.05) is 31.2 Å². The molecule has 0 radical (unpaired) electrons. The van der Waals surface area contributed by atoms with E-state index in [0.29, 0.717) is 28.4 Å². The van der Waals surface area contributed by atoms with E-state index in [-0.39, 0.29) is 11.5 Å². The Morgan fingerprint density at radius 2 is 1.77 bits per heavy atom. The minimum atomic E-state index is -0.0754. The second-order valence-corrected chi connectivity index (χ2v) is 7.56. The fraction of sp³-hybridized carbons (Fsp3) is 0.154. The molecule has 4 rings (SSSR count). The molecule has 1 heterocycles. The number of aromatic nitrogens is 1. The predicted molar refractivity (Wildman–Crippen MR) is 124 cm³/mol. The minimum Gasteiger partial charge on any atom is -0.508 e. The number of phenolic OH excluding ortho intramolecular Hbond substituents is 1. The van der Waals surface area contributed by atoms with E-state index in [4.69, 9.17) is 16.3 Å². The van der Waals surface area contributed by atoms with Crippen LogP contribution in [0.3, 0.4) is 0 Å². The molecule has 0 fully saturated rings. The van der Waals surface area contributed by atoms with Gasteiger partial charge in [-0.25, -0.2) is 4.98 Å². The number of pyridine rings is 1. The maximum Gasteiger partial charge on any atom is 0.214 e. The summed E-state index contributed by atoms with van der Waals surface area (Å²) in [6.07, 6.45) is 0.868. The van der Waals surface area contributed by atoms with Crippen LogP contribution in [0.1, 0.15) is 34.0 Å². The molecule has 0 atom stereocenters. The van der Waals surface area contributed by atoms with Crippen molar-refractivity contribution in [2.24, 2.45) is 0 Å². The van der Waals surface area contributed by atoms with Crippen molar-refractivity contribution in [3.8, 4) is 22.8 Å². The molecule has 31 heavy (non-hydrogen) atoms. The lowest BCUT2D eigenvalue weighted by molar-refractivity contribution is 0.103. The lowest BCUT2D eigenvalue weighted by Gasteiger charge is -2.12. The van der Waals surface area contributed by atoms with Gasteiger partial charge in [0, 0.05) is 28.5 Å². The zero-order chi connectivity index (χ0) is 22.0. The Morgan fingerprint density at radius 1 is 1.00 bits per heavy atom. The summed E-state index contributed by atoms with van der Waals surface area (Å²) in [6, 6.07) is 19.9. The molecule has 0 aliphatic carbocycles. The molecular formula is C26H22ClNO3. The monoisotopic (exact) mass is 431 g/mol. The molecule has 5 heteroatoms. The van der Waals surface area contributed by atoms with Gasteiger partial charge in [-0.15, -0.1) is 11.6 Å². The average Bonchev–Trinajstić information content (AvgIpc) is 2.82. The lowest BCUT2D eigenvalue weighted by atomic mass is 9.95. The van der Waals surface area contributed by atoms with E-state index in [2.05, 4.69) is 11.9 Å². The number of carbonyl (C=O) groups excluding carboxylic acids is 1. The smallest absolute Gasteiger partial charge is 0.214 e. The molecule has 0 spiro atoms. The number of ketones is 1. The van der Waals surface area contributed by atoms with E-state index < -0.39 is 0 Å². The second kappa shape index (κ2) is 8.78. The van der Waals surface area contributed by atoms with E-state index in [0.717, 1.165) is 34.1 Å². The number of aromatic hydroxyl groups is 1. The van der Waals surface area contributed by atoms with Gasteiger partial charge in [0.2, 0.25) is 5.88 Å². The molecule has 0 saturated heterocycles. The van der Waals surface area contributed by atoms with Crippen molar-refractivity contribution in [2.45, 2.75) is 19.2 Å². The number of methoxy groups -OCH3 is 1. The summed E-state index contributed by atoms with van der Waals surface area (Å²) in [4.78, 5) is 17.8. The van der Waals surface area contributed by atoms with Crippen molar-refractivity contribution < 1.29 is 14.6 Å². The Hall–Kier alpha value is -3.37. The number of alkyl halides is 1. The van der Waals surface area contributed by atoms with Crippen molar-refractivity contribution in [2.75, 3.05) is 7.11 Å². The van der Waals surface area contributed by atoms with Crippen molar-refractivity contribution in [3.63, 3.8) is 0 Å². The molecule has 0 bridgehead atoms. The normalized spacial score (nSPS) is 10.9. The van der Waals surface area contributed by atoms with Crippen molar-refractivity contribution in [1.82, 2.24) is 4.98 Å². The zero-order valence-electron chi connectivity index (χ0n) is 17.4. The summed E-state index contributed by atoms with van der Waals surface area (Å²) < 4.78 is 5.36. The van der Waals surface area contributed by atoms with Crippen LogP contribution in [-0.2, 0) is 12.3 Å². The molecule has 1 aromatic heterocycles. The standard InChI is InChI=1S/C26H22ClNO3/c1-3-16-7-8-18(11-20(16)15-27)26(30)19-9-10-24-23(13-19)22(14-25(28-24)31-2)17-5-4-6-21(29)12-17/h4-14,29H,3,15H2,1-2H3. The third kappa shape index (κ3) is 4.12. The molecule has 4 aromatic rings.